The Labute approximate surface area is 150 Å². The number of aromatic nitrogens is 2. The van der Waals surface area contributed by atoms with Crippen molar-refractivity contribution in [1.29, 1.82) is 0 Å². The summed E-state index contributed by atoms with van der Waals surface area (Å²) in [7, 11) is -3.49. The molecule has 3 rings (SSSR count). The van der Waals surface area contributed by atoms with Crippen LogP contribution in [-0.4, -0.2) is 38.0 Å². The number of nitrogens with one attached hydrogen (secondary N) is 1. The summed E-state index contributed by atoms with van der Waals surface area (Å²) in [5.41, 5.74) is 0. The highest BCUT2D eigenvalue weighted by molar-refractivity contribution is 9.10. The van der Waals surface area contributed by atoms with Crippen molar-refractivity contribution in [2.24, 2.45) is 5.92 Å². The minimum atomic E-state index is -3.49. The molecule has 0 spiro atoms. The van der Waals surface area contributed by atoms with E-state index in [1.807, 2.05) is 0 Å². The number of halogens is 1. The molecule has 0 amide bonds. The minimum absolute atomic E-state index is 0.280. The summed E-state index contributed by atoms with van der Waals surface area (Å²) in [6, 6.07) is 6.85. The number of sulfonamides is 1. The predicted molar refractivity (Wildman–Crippen MR) is 96.3 cm³/mol. The third-order valence-corrected chi connectivity index (χ3v) is 6.61. The van der Waals surface area contributed by atoms with Crippen molar-refractivity contribution in [3.05, 3.63) is 47.3 Å². The Morgan fingerprint density at radius 2 is 1.96 bits per heavy atom. The van der Waals surface area contributed by atoms with Crippen LogP contribution >= 0.6 is 15.9 Å². The van der Waals surface area contributed by atoms with Gasteiger partial charge in [-0.1, -0.05) is 12.1 Å². The molecule has 0 bridgehead atoms. The molecular weight excluding hydrogens is 392 g/mol. The molecule has 2 aromatic rings. The molecule has 1 N–H and O–H groups in total. The SMILES string of the molecule is O=S(=O)(NCC1CCN(c2cnccn2)CC1)c1ccccc1Br. The highest BCUT2D eigenvalue weighted by atomic mass is 79.9. The van der Waals surface area contributed by atoms with Crippen LogP contribution in [0.4, 0.5) is 5.82 Å². The second-order valence-corrected chi connectivity index (χ2v) is 8.37. The molecule has 24 heavy (non-hydrogen) atoms. The van der Waals surface area contributed by atoms with Crippen LogP contribution in [0.25, 0.3) is 0 Å². The van der Waals surface area contributed by atoms with Gasteiger partial charge in [-0.05, 0) is 46.8 Å². The molecule has 2 heterocycles. The number of nitrogens with zero attached hydrogens (tertiary/aromatic N) is 3. The number of piperidine rings is 1. The molecule has 1 saturated heterocycles. The van der Waals surface area contributed by atoms with E-state index in [4.69, 9.17) is 0 Å². The average molecular weight is 411 g/mol. The van der Waals surface area contributed by atoms with Crippen molar-refractivity contribution in [3.8, 4) is 0 Å². The van der Waals surface area contributed by atoms with E-state index in [9.17, 15) is 8.42 Å². The van der Waals surface area contributed by atoms with Gasteiger partial charge in [0.05, 0.1) is 11.1 Å². The number of hydrogen-bond acceptors (Lipinski definition) is 5. The highest BCUT2D eigenvalue weighted by Gasteiger charge is 2.23. The number of hydrogen-bond donors (Lipinski definition) is 1. The molecule has 0 unspecified atom stereocenters. The van der Waals surface area contributed by atoms with E-state index in [2.05, 4.69) is 35.5 Å². The molecule has 1 fully saturated rings. The van der Waals surface area contributed by atoms with E-state index < -0.39 is 10.0 Å². The van der Waals surface area contributed by atoms with E-state index in [1.54, 1.807) is 42.9 Å². The maximum atomic E-state index is 12.4. The quantitative estimate of drug-likeness (QED) is 0.818. The Balaban J connectivity index is 1.54. The fraction of sp³-hybridized carbons (Fsp3) is 0.375. The first kappa shape index (κ1) is 17.3. The van der Waals surface area contributed by atoms with Crippen molar-refractivity contribution in [1.82, 2.24) is 14.7 Å². The standard InChI is InChI=1S/C16H19BrN4O2S/c17-14-3-1-2-4-15(14)24(22,23)20-11-13-5-9-21(10-6-13)16-12-18-7-8-19-16/h1-4,7-8,12-13,20H,5-6,9-11H2. The molecule has 1 aromatic carbocycles. The maximum Gasteiger partial charge on any atom is 0.241 e. The number of rotatable bonds is 5. The summed E-state index contributed by atoms with van der Waals surface area (Å²) in [5, 5.41) is 0. The van der Waals surface area contributed by atoms with Gasteiger partial charge in [0.1, 0.15) is 5.82 Å². The Bertz CT molecular complexity index is 778. The lowest BCUT2D eigenvalue weighted by molar-refractivity contribution is 0.400. The first-order chi connectivity index (χ1) is 11.6. The molecule has 6 nitrogen and oxygen atoms in total. The smallest absolute Gasteiger partial charge is 0.241 e. The first-order valence-electron chi connectivity index (χ1n) is 7.81. The van der Waals surface area contributed by atoms with Gasteiger partial charge in [-0.2, -0.15) is 0 Å². The van der Waals surface area contributed by atoms with Gasteiger partial charge in [0.15, 0.2) is 0 Å². The van der Waals surface area contributed by atoms with Crippen LogP contribution < -0.4 is 9.62 Å². The van der Waals surface area contributed by atoms with Gasteiger partial charge in [-0.3, -0.25) is 4.98 Å². The lowest BCUT2D eigenvalue weighted by Gasteiger charge is -2.32. The van der Waals surface area contributed by atoms with Crippen LogP contribution in [0.15, 0.2) is 52.2 Å². The van der Waals surface area contributed by atoms with Crippen LogP contribution in [0.3, 0.4) is 0 Å². The third kappa shape index (κ3) is 4.12. The molecule has 1 aliphatic heterocycles. The number of benzene rings is 1. The van der Waals surface area contributed by atoms with Gasteiger partial charge in [-0.25, -0.2) is 18.1 Å². The lowest BCUT2D eigenvalue weighted by Crippen LogP contribution is -2.39. The van der Waals surface area contributed by atoms with Crippen molar-refractivity contribution in [2.45, 2.75) is 17.7 Å². The van der Waals surface area contributed by atoms with E-state index in [1.165, 1.54) is 0 Å². The summed E-state index contributed by atoms with van der Waals surface area (Å²) < 4.78 is 28.1. The summed E-state index contributed by atoms with van der Waals surface area (Å²) in [5.74, 6) is 1.21. The van der Waals surface area contributed by atoms with Gasteiger partial charge in [0.2, 0.25) is 10.0 Å². The molecule has 8 heteroatoms. The maximum absolute atomic E-state index is 12.4. The minimum Gasteiger partial charge on any atom is -0.355 e. The molecule has 0 atom stereocenters. The molecule has 128 valence electrons. The molecule has 0 saturated carbocycles. The fourth-order valence-electron chi connectivity index (χ4n) is 2.79. The van der Waals surface area contributed by atoms with E-state index in [0.29, 0.717) is 16.9 Å². The van der Waals surface area contributed by atoms with Crippen molar-refractivity contribution < 1.29 is 8.42 Å². The summed E-state index contributed by atoms with van der Waals surface area (Å²) in [6.07, 6.45) is 6.96. The number of anilines is 1. The van der Waals surface area contributed by atoms with Gasteiger partial charge in [-0.15, -0.1) is 0 Å². The monoisotopic (exact) mass is 410 g/mol. The second-order valence-electron chi connectivity index (χ2n) is 5.78. The van der Waals surface area contributed by atoms with Gasteiger partial charge >= 0.3 is 0 Å². The fourth-order valence-corrected chi connectivity index (χ4v) is 4.91. The predicted octanol–water partition coefficient (Wildman–Crippen LogP) is 2.43. The van der Waals surface area contributed by atoms with Crippen LogP contribution in [0, 0.1) is 5.92 Å². The Hall–Kier alpha value is -1.51. The second kappa shape index (κ2) is 7.58. The van der Waals surface area contributed by atoms with Crippen LogP contribution in [0.1, 0.15) is 12.8 Å². The lowest BCUT2D eigenvalue weighted by atomic mass is 9.97. The van der Waals surface area contributed by atoms with E-state index >= 15 is 0 Å². The van der Waals surface area contributed by atoms with Gasteiger partial charge < -0.3 is 4.90 Å². The summed E-state index contributed by atoms with van der Waals surface area (Å²) in [4.78, 5) is 10.9. The molecular formula is C16H19BrN4O2S. The molecule has 1 aliphatic rings. The zero-order valence-electron chi connectivity index (χ0n) is 13.1. The van der Waals surface area contributed by atoms with E-state index in [0.717, 1.165) is 31.7 Å². The largest absolute Gasteiger partial charge is 0.355 e. The van der Waals surface area contributed by atoms with Crippen LogP contribution in [-0.2, 0) is 10.0 Å². The Kier molecular flexibility index (Phi) is 5.47. The summed E-state index contributed by atoms with van der Waals surface area (Å²) in [6.45, 7) is 2.18. The summed E-state index contributed by atoms with van der Waals surface area (Å²) >= 11 is 3.29. The van der Waals surface area contributed by atoms with Crippen molar-refractivity contribution in [3.63, 3.8) is 0 Å². The average Bonchev–Trinajstić information content (AvgIpc) is 2.61. The normalized spacial score (nSPS) is 16.3. The molecule has 1 aromatic heterocycles. The topological polar surface area (TPSA) is 75.2 Å². The first-order valence-corrected chi connectivity index (χ1v) is 10.1. The van der Waals surface area contributed by atoms with Gasteiger partial charge in [0.25, 0.3) is 0 Å². The van der Waals surface area contributed by atoms with Crippen molar-refractivity contribution >= 4 is 31.8 Å². The Morgan fingerprint density at radius 3 is 2.62 bits per heavy atom. The van der Waals surface area contributed by atoms with Crippen molar-refractivity contribution in [2.75, 3.05) is 24.5 Å². The van der Waals surface area contributed by atoms with Gasteiger partial charge in [0, 0.05) is 36.5 Å². The van der Waals surface area contributed by atoms with Crippen LogP contribution in [0.2, 0.25) is 0 Å². The van der Waals surface area contributed by atoms with E-state index in [-0.39, 0.29) is 4.90 Å². The highest BCUT2D eigenvalue weighted by Crippen LogP contribution is 2.23. The third-order valence-electron chi connectivity index (χ3n) is 4.18. The zero-order valence-corrected chi connectivity index (χ0v) is 15.5. The zero-order chi connectivity index (χ0) is 17.0. The molecule has 0 radical (unpaired) electrons. The molecule has 0 aliphatic carbocycles. The Morgan fingerprint density at radius 1 is 1.21 bits per heavy atom. The van der Waals surface area contributed by atoms with Crippen LogP contribution in [0.5, 0.6) is 0 Å².